The molecule has 0 radical (unpaired) electrons. The van der Waals surface area contributed by atoms with Crippen molar-refractivity contribution in [2.75, 3.05) is 5.73 Å². The molecule has 0 saturated carbocycles. The third kappa shape index (κ3) is 5.06. The van der Waals surface area contributed by atoms with E-state index in [9.17, 15) is 4.79 Å². The first-order chi connectivity index (χ1) is 15.6. The van der Waals surface area contributed by atoms with E-state index in [4.69, 9.17) is 15.0 Å². The third-order valence-corrected chi connectivity index (χ3v) is 5.04. The van der Waals surface area contributed by atoms with E-state index in [1.54, 1.807) is 49.4 Å². The van der Waals surface area contributed by atoms with E-state index < -0.39 is 11.7 Å². The smallest absolute Gasteiger partial charge is 0.407 e. The van der Waals surface area contributed by atoms with E-state index in [1.165, 1.54) is 0 Å². The van der Waals surface area contributed by atoms with Crippen molar-refractivity contribution in [1.29, 1.82) is 0 Å². The second kappa shape index (κ2) is 8.70. The lowest BCUT2D eigenvalue weighted by Crippen LogP contribution is -2.32. The molecule has 0 unspecified atom stereocenters. The Kier molecular flexibility index (Phi) is 5.93. The molecule has 3 aromatic heterocycles. The molecule has 0 bridgehead atoms. The number of hydrogen-bond acceptors (Lipinski definition) is 8. The molecule has 0 aliphatic rings. The Labute approximate surface area is 198 Å². The van der Waals surface area contributed by atoms with Gasteiger partial charge in [-0.1, -0.05) is 21.1 Å². The maximum absolute atomic E-state index is 11.9. The number of hydrogen-bond donors (Lipinski definition) is 2. The van der Waals surface area contributed by atoms with Crippen LogP contribution in [0.1, 0.15) is 26.5 Å². The van der Waals surface area contributed by atoms with Crippen molar-refractivity contribution in [1.82, 2.24) is 35.0 Å². The molecule has 0 saturated heterocycles. The number of nitrogens with one attached hydrogen (secondary N) is 1. The highest BCUT2D eigenvalue weighted by Crippen LogP contribution is 2.28. The number of alkyl carbamates (subject to hydrolysis) is 1. The first kappa shape index (κ1) is 22.5. The number of nitrogens with zero attached hydrogens (tertiary/aromatic N) is 6. The van der Waals surface area contributed by atoms with Crippen molar-refractivity contribution in [3.8, 4) is 28.7 Å². The Bertz CT molecular complexity index is 1280. The number of ether oxygens (including phenoxy) is 1. The second-order valence-corrected chi connectivity index (χ2v) is 9.17. The van der Waals surface area contributed by atoms with Crippen LogP contribution in [-0.4, -0.2) is 41.4 Å². The molecule has 12 heteroatoms. The molecule has 1 amide bonds. The number of rotatable bonds is 5. The maximum Gasteiger partial charge on any atom is 0.407 e. The molecule has 11 nitrogen and oxygen atoms in total. The van der Waals surface area contributed by atoms with Gasteiger partial charge in [0.1, 0.15) is 17.1 Å². The van der Waals surface area contributed by atoms with E-state index in [1.807, 2.05) is 24.3 Å². The summed E-state index contributed by atoms with van der Waals surface area (Å²) in [6.45, 7) is 5.59. The van der Waals surface area contributed by atoms with Crippen molar-refractivity contribution in [2.45, 2.75) is 32.9 Å². The van der Waals surface area contributed by atoms with Crippen LogP contribution in [0.3, 0.4) is 0 Å². The Balaban J connectivity index is 1.51. The molecule has 0 spiro atoms. The summed E-state index contributed by atoms with van der Waals surface area (Å²) in [5.74, 6) is 0.955. The van der Waals surface area contributed by atoms with Gasteiger partial charge in [-0.2, -0.15) is 15.2 Å². The zero-order valence-corrected chi connectivity index (χ0v) is 20.1. The van der Waals surface area contributed by atoms with Crippen molar-refractivity contribution >= 4 is 27.8 Å². The Morgan fingerprint density at radius 1 is 1.27 bits per heavy atom. The maximum atomic E-state index is 11.9. The average Bonchev–Trinajstić information content (AvgIpc) is 3.44. The molecule has 1 aromatic carbocycles. The van der Waals surface area contributed by atoms with Crippen molar-refractivity contribution in [3.05, 3.63) is 46.7 Å². The number of halogens is 1. The Hall–Kier alpha value is -3.67. The molecule has 0 fully saturated rings. The van der Waals surface area contributed by atoms with Crippen LogP contribution in [0.4, 0.5) is 10.6 Å². The summed E-state index contributed by atoms with van der Waals surface area (Å²) >= 11 is 3.41. The Morgan fingerprint density at radius 2 is 2.00 bits per heavy atom. The van der Waals surface area contributed by atoms with E-state index in [2.05, 4.69) is 41.6 Å². The SMILES string of the molecule is Cn1nc(CNC(=O)OC(C)(C)C)cc1-c1nc(-c2cnn(-c3ccc(Br)cc3)c2N)no1. The molecule has 172 valence electrons. The van der Waals surface area contributed by atoms with Crippen molar-refractivity contribution < 1.29 is 14.1 Å². The number of carbonyl (C=O) groups excluding carboxylic acids is 1. The van der Waals surface area contributed by atoms with Crippen LogP contribution < -0.4 is 11.1 Å². The molecule has 0 atom stereocenters. The van der Waals surface area contributed by atoms with E-state index in [-0.39, 0.29) is 12.4 Å². The normalized spacial score (nSPS) is 11.5. The van der Waals surface area contributed by atoms with E-state index in [0.29, 0.717) is 28.6 Å². The standard InChI is InChI=1S/C21H23BrN8O3/c1-21(2,3)32-20(31)24-10-13-9-16(29(4)27-13)19-26-18(28-33-19)15-11-25-30(17(15)23)14-7-5-12(22)6-8-14/h5-9,11H,10,23H2,1-4H3,(H,24,31). The average molecular weight is 515 g/mol. The largest absolute Gasteiger partial charge is 0.444 e. The summed E-state index contributed by atoms with van der Waals surface area (Å²) in [7, 11) is 1.75. The van der Waals surface area contributed by atoms with Gasteiger partial charge in [0.25, 0.3) is 5.89 Å². The van der Waals surface area contributed by atoms with Crippen molar-refractivity contribution in [2.24, 2.45) is 7.05 Å². The summed E-state index contributed by atoms with van der Waals surface area (Å²) in [6, 6.07) is 9.34. The van der Waals surface area contributed by atoms with Crippen LogP contribution in [0.2, 0.25) is 0 Å². The van der Waals surface area contributed by atoms with E-state index in [0.717, 1.165) is 10.2 Å². The summed E-state index contributed by atoms with van der Waals surface area (Å²) in [6.07, 6.45) is 1.07. The van der Waals surface area contributed by atoms with Gasteiger partial charge in [0, 0.05) is 11.5 Å². The molecule has 0 aliphatic heterocycles. The summed E-state index contributed by atoms with van der Waals surface area (Å²) in [4.78, 5) is 16.3. The van der Waals surface area contributed by atoms with Crippen LogP contribution >= 0.6 is 15.9 Å². The predicted octanol–water partition coefficient (Wildman–Crippen LogP) is 3.69. The number of nitrogens with two attached hydrogens (primary N) is 1. The van der Waals surface area contributed by atoms with Gasteiger partial charge in [0.05, 0.1) is 29.7 Å². The minimum atomic E-state index is -0.577. The number of amides is 1. The summed E-state index contributed by atoms with van der Waals surface area (Å²) in [5.41, 5.74) is 8.27. The minimum absolute atomic E-state index is 0.191. The lowest BCUT2D eigenvalue weighted by atomic mass is 10.2. The lowest BCUT2D eigenvalue weighted by molar-refractivity contribution is 0.0523. The number of benzene rings is 1. The van der Waals surface area contributed by atoms with Crippen LogP contribution in [0.25, 0.3) is 28.7 Å². The molecule has 4 aromatic rings. The highest BCUT2D eigenvalue weighted by molar-refractivity contribution is 9.10. The van der Waals surface area contributed by atoms with Gasteiger partial charge < -0.3 is 20.3 Å². The van der Waals surface area contributed by atoms with Gasteiger partial charge in [-0.15, -0.1) is 0 Å². The molecular weight excluding hydrogens is 492 g/mol. The topological polar surface area (TPSA) is 139 Å². The molecular formula is C21H23BrN8O3. The highest BCUT2D eigenvalue weighted by atomic mass is 79.9. The molecule has 3 N–H and O–H groups in total. The van der Waals surface area contributed by atoms with Crippen molar-refractivity contribution in [3.63, 3.8) is 0 Å². The number of aromatic nitrogens is 6. The number of aryl methyl sites for hydroxylation is 1. The Morgan fingerprint density at radius 3 is 2.70 bits per heavy atom. The molecule has 3 heterocycles. The molecule has 4 rings (SSSR count). The number of anilines is 1. The van der Waals surface area contributed by atoms with Crippen LogP contribution in [0, 0.1) is 0 Å². The van der Waals surface area contributed by atoms with Gasteiger partial charge in [0.15, 0.2) is 0 Å². The van der Waals surface area contributed by atoms with Gasteiger partial charge >= 0.3 is 6.09 Å². The fourth-order valence-electron chi connectivity index (χ4n) is 3.05. The number of carbonyl (C=O) groups is 1. The van der Waals surface area contributed by atoms with Crippen LogP contribution in [0.15, 0.2) is 45.5 Å². The van der Waals surface area contributed by atoms with Gasteiger partial charge in [0.2, 0.25) is 5.82 Å². The fourth-order valence-corrected chi connectivity index (χ4v) is 3.31. The second-order valence-electron chi connectivity index (χ2n) is 8.25. The quantitative estimate of drug-likeness (QED) is 0.410. The summed E-state index contributed by atoms with van der Waals surface area (Å²) < 4.78 is 14.8. The number of nitrogen functional groups attached to an aromatic ring is 1. The van der Waals surface area contributed by atoms with Crippen LogP contribution in [-0.2, 0) is 18.3 Å². The zero-order chi connectivity index (χ0) is 23.8. The van der Waals surface area contributed by atoms with Crippen LogP contribution in [0.5, 0.6) is 0 Å². The summed E-state index contributed by atoms with van der Waals surface area (Å²) in [5, 5.41) is 15.5. The third-order valence-electron chi connectivity index (χ3n) is 4.51. The fraction of sp³-hybridized carbons (Fsp3) is 0.286. The zero-order valence-electron chi connectivity index (χ0n) is 18.5. The molecule has 0 aliphatic carbocycles. The monoisotopic (exact) mass is 514 g/mol. The van der Waals surface area contributed by atoms with Gasteiger partial charge in [-0.05, 0) is 51.1 Å². The molecule has 33 heavy (non-hydrogen) atoms. The highest BCUT2D eigenvalue weighted by Gasteiger charge is 2.20. The first-order valence-corrected chi connectivity index (χ1v) is 10.8. The minimum Gasteiger partial charge on any atom is -0.444 e. The van der Waals surface area contributed by atoms with Gasteiger partial charge in [-0.25, -0.2) is 9.48 Å². The van der Waals surface area contributed by atoms with E-state index >= 15 is 0 Å². The lowest BCUT2D eigenvalue weighted by Gasteiger charge is -2.19. The first-order valence-electron chi connectivity index (χ1n) is 10.0. The van der Waals surface area contributed by atoms with Gasteiger partial charge in [-0.3, -0.25) is 4.68 Å². The predicted molar refractivity (Wildman–Crippen MR) is 124 cm³/mol.